The molecule has 0 aromatic heterocycles. The third-order valence-electron chi connectivity index (χ3n) is 4.46. The van der Waals surface area contributed by atoms with E-state index in [0.717, 1.165) is 12.3 Å². The van der Waals surface area contributed by atoms with E-state index in [1.807, 2.05) is 0 Å². The maximum absolute atomic E-state index is 12.2. The lowest BCUT2D eigenvalue weighted by atomic mass is 9.95. The molecule has 1 aromatic carbocycles. The molecular weight excluding hydrogens is 242 g/mol. The van der Waals surface area contributed by atoms with Crippen LogP contribution in [0.1, 0.15) is 46.4 Å². The molecule has 2 aliphatic rings. The van der Waals surface area contributed by atoms with Crippen molar-refractivity contribution in [2.24, 2.45) is 11.8 Å². The SMILES string of the molecule is O=C(O)c1ccccc1C(=O)NC1CC2CCC1C2. The van der Waals surface area contributed by atoms with Gasteiger partial charge in [0.25, 0.3) is 5.91 Å². The van der Waals surface area contributed by atoms with Gasteiger partial charge in [-0.2, -0.15) is 0 Å². The Hall–Kier alpha value is -1.84. The minimum absolute atomic E-state index is 0.0724. The van der Waals surface area contributed by atoms with E-state index in [2.05, 4.69) is 5.32 Å². The molecule has 2 aliphatic carbocycles. The smallest absolute Gasteiger partial charge is 0.336 e. The Morgan fingerprint density at radius 3 is 2.42 bits per heavy atom. The minimum Gasteiger partial charge on any atom is -0.478 e. The number of hydrogen-bond acceptors (Lipinski definition) is 2. The molecule has 2 bridgehead atoms. The Labute approximate surface area is 111 Å². The molecule has 2 N–H and O–H groups in total. The molecule has 0 saturated heterocycles. The second kappa shape index (κ2) is 4.68. The molecule has 1 amide bonds. The number of hydrogen-bond donors (Lipinski definition) is 2. The predicted octanol–water partition coefficient (Wildman–Crippen LogP) is 2.30. The first-order chi connectivity index (χ1) is 9.15. The van der Waals surface area contributed by atoms with E-state index in [0.29, 0.717) is 5.92 Å². The third-order valence-corrected chi connectivity index (χ3v) is 4.46. The van der Waals surface area contributed by atoms with E-state index in [9.17, 15) is 9.59 Å². The van der Waals surface area contributed by atoms with Crippen molar-refractivity contribution in [2.75, 3.05) is 0 Å². The quantitative estimate of drug-likeness (QED) is 0.875. The van der Waals surface area contributed by atoms with E-state index in [1.54, 1.807) is 18.2 Å². The highest BCUT2D eigenvalue weighted by atomic mass is 16.4. The van der Waals surface area contributed by atoms with Crippen LogP contribution in [0.2, 0.25) is 0 Å². The van der Waals surface area contributed by atoms with E-state index in [-0.39, 0.29) is 23.1 Å². The van der Waals surface area contributed by atoms with Gasteiger partial charge in [-0.25, -0.2) is 4.79 Å². The molecule has 0 aliphatic heterocycles. The molecule has 0 radical (unpaired) electrons. The maximum atomic E-state index is 12.2. The van der Waals surface area contributed by atoms with Crippen molar-refractivity contribution in [2.45, 2.75) is 31.7 Å². The Kier molecular flexibility index (Phi) is 3.01. The van der Waals surface area contributed by atoms with Gasteiger partial charge in [0.2, 0.25) is 0 Å². The van der Waals surface area contributed by atoms with Gasteiger partial charge in [0.05, 0.1) is 11.1 Å². The largest absolute Gasteiger partial charge is 0.478 e. The highest BCUT2D eigenvalue weighted by Crippen LogP contribution is 2.44. The fourth-order valence-electron chi connectivity index (χ4n) is 3.54. The Balaban J connectivity index is 1.76. The second-order valence-electron chi connectivity index (χ2n) is 5.61. The summed E-state index contributed by atoms with van der Waals surface area (Å²) < 4.78 is 0. The van der Waals surface area contributed by atoms with Crippen LogP contribution in [0.4, 0.5) is 0 Å². The fourth-order valence-corrected chi connectivity index (χ4v) is 3.54. The van der Waals surface area contributed by atoms with E-state index in [1.165, 1.54) is 25.3 Å². The molecule has 3 unspecified atom stereocenters. The topological polar surface area (TPSA) is 66.4 Å². The molecule has 1 aromatic rings. The van der Waals surface area contributed by atoms with Crippen molar-refractivity contribution in [1.29, 1.82) is 0 Å². The lowest BCUT2D eigenvalue weighted by Gasteiger charge is -2.23. The van der Waals surface area contributed by atoms with Gasteiger partial charge in [0.15, 0.2) is 0 Å². The monoisotopic (exact) mass is 259 g/mol. The van der Waals surface area contributed by atoms with Crippen LogP contribution in [0, 0.1) is 11.8 Å². The number of carbonyl (C=O) groups is 2. The maximum Gasteiger partial charge on any atom is 0.336 e. The number of carboxylic acid groups (broad SMARTS) is 1. The van der Waals surface area contributed by atoms with Crippen molar-refractivity contribution in [3.63, 3.8) is 0 Å². The summed E-state index contributed by atoms with van der Waals surface area (Å²) in [6, 6.07) is 6.61. The molecule has 4 nitrogen and oxygen atoms in total. The van der Waals surface area contributed by atoms with E-state index >= 15 is 0 Å². The van der Waals surface area contributed by atoms with Crippen LogP contribution in [0.3, 0.4) is 0 Å². The summed E-state index contributed by atoms with van der Waals surface area (Å²) in [5, 5.41) is 12.1. The average Bonchev–Trinajstić information content (AvgIpc) is 3.01. The summed E-state index contributed by atoms with van der Waals surface area (Å²) in [7, 11) is 0. The summed E-state index contributed by atoms with van der Waals surface area (Å²) in [5.74, 6) is 0.0326. The van der Waals surface area contributed by atoms with Crippen molar-refractivity contribution in [1.82, 2.24) is 5.32 Å². The number of carbonyl (C=O) groups excluding carboxylic acids is 1. The first-order valence-electron chi connectivity index (χ1n) is 6.78. The number of amides is 1. The summed E-state index contributed by atoms with van der Waals surface area (Å²) in [4.78, 5) is 23.3. The van der Waals surface area contributed by atoms with Crippen LogP contribution < -0.4 is 5.32 Å². The number of rotatable bonds is 3. The predicted molar refractivity (Wildman–Crippen MR) is 70.1 cm³/mol. The van der Waals surface area contributed by atoms with Gasteiger partial charge in [-0.05, 0) is 43.2 Å². The number of carboxylic acids is 1. The molecule has 19 heavy (non-hydrogen) atoms. The number of aromatic carboxylic acids is 1. The van der Waals surface area contributed by atoms with Crippen LogP contribution in [-0.2, 0) is 0 Å². The molecule has 100 valence electrons. The van der Waals surface area contributed by atoms with Crippen molar-refractivity contribution >= 4 is 11.9 Å². The summed E-state index contributed by atoms with van der Waals surface area (Å²) in [6.45, 7) is 0. The van der Waals surface area contributed by atoms with Crippen LogP contribution >= 0.6 is 0 Å². The third kappa shape index (κ3) is 2.23. The lowest BCUT2D eigenvalue weighted by Crippen LogP contribution is -2.39. The molecule has 2 fully saturated rings. The van der Waals surface area contributed by atoms with Crippen LogP contribution in [0.15, 0.2) is 24.3 Å². The molecule has 4 heteroatoms. The summed E-state index contributed by atoms with van der Waals surface area (Å²) in [6.07, 6.45) is 4.73. The standard InChI is InChI=1S/C15H17NO3/c17-14(11-3-1-2-4-12(11)15(18)19)16-13-8-9-5-6-10(13)7-9/h1-4,9-10,13H,5-8H2,(H,16,17)(H,18,19). The zero-order chi connectivity index (χ0) is 13.4. The summed E-state index contributed by atoms with van der Waals surface area (Å²) in [5.41, 5.74) is 0.334. The van der Waals surface area contributed by atoms with Crippen LogP contribution in [0.25, 0.3) is 0 Å². The first-order valence-corrected chi connectivity index (χ1v) is 6.78. The fraction of sp³-hybridized carbons (Fsp3) is 0.467. The Morgan fingerprint density at radius 1 is 1.11 bits per heavy atom. The van der Waals surface area contributed by atoms with Crippen LogP contribution in [0.5, 0.6) is 0 Å². The van der Waals surface area contributed by atoms with Gasteiger partial charge in [-0.1, -0.05) is 18.6 Å². The van der Waals surface area contributed by atoms with Gasteiger partial charge in [-0.3, -0.25) is 4.79 Å². The Bertz CT molecular complexity index is 526. The first kappa shape index (κ1) is 12.2. The highest BCUT2D eigenvalue weighted by Gasteiger charge is 2.40. The van der Waals surface area contributed by atoms with E-state index in [4.69, 9.17) is 5.11 Å². The van der Waals surface area contributed by atoms with Crippen molar-refractivity contribution in [3.8, 4) is 0 Å². The number of nitrogens with one attached hydrogen (secondary N) is 1. The minimum atomic E-state index is -1.06. The molecule has 3 atom stereocenters. The van der Waals surface area contributed by atoms with E-state index < -0.39 is 5.97 Å². The zero-order valence-corrected chi connectivity index (χ0v) is 10.6. The van der Waals surface area contributed by atoms with Gasteiger partial charge in [-0.15, -0.1) is 0 Å². The second-order valence-corrected chi connectivity index (χ2v) is 5.61. The number of benzene rings is 1. The number of fused-ring (bicyclic) bond motifs is 2. The van der Waals surface area contributed by atoms with Gasteiger partial charge in [0.1, 0.15) is 0 Å². The molecule has 0 heterocycles. The highest BCUT2D eigenvalue weighted by molar-refractivity contribution is 6.04. The van der Waals surface area contributed by atoms with Gasteiger partial charge in [0, 0.05) is 6.04 Å². The molecule has 0 spiro atoms. The van der Waals surface area contributed by atoms with Crippen molar-refractivity contribution in [3.05, 3.63) is 35.4 Å². The van der Waals surface area contributed by atoms with Crippen molar-refractivity contribution < 1.29 is 14.7 Å². The average molecular weight is 259 g/mol. The van der Waals surface area contributed by atoms with Gasteiger partial charge >= 0.3 is 5.97 Å². The molecular formula is C15H17NO3. The molecule has 3 rings (SSSR count). The van der Waals surface area contributed by atoms with Gasteiger partial charge < -0.3 is 10.4 Å². The van der Waals surface area contributed by atoms with Crippen LogP contribution in [-0.4, -0.2) is 23.0 Å². The lowest BCUT2D eigenvalue weighted by molar-refractivity contribution is 0.0690. The zero-order valence-electron chi connectivity index (χ0n) is 10.6. The Morgan fingerprint density at radius 2 is 1.84 bits per heavy atom. The normalized spacial score (nSPS) is 28.3. The summed E-state index contributed by atoms with van der Waals surface area (Å²) >= 11 is 0. The molecule has 2 saturated carbocycles.